The summed E-state index contributed by atoms with van der Waals surface area (Å²) in [7, 11) is 1.41. The van der Waals surface area contributed by atoms with Gasteiger partial charge in [0.1, 0.15) is 0 Å². The Labute approximate surface area is 187 Å². The van der Waals surface area contributed by atoms with Crippen molar-refractivity contribution < 1.29 is 19.0 Å². The number of benzene rings is 2. The predicted octanol–water partition coefficient (Wildman–Crippen LogP) is 4.39. The third kappa shape index (κ3) is 5.62. The highest BCUT2D eigenvalue weighted by atomic mass is 19.1. The van der Waals surface area contributed by atoms with E-state index in [1.54, 1.807) is 30.5 Å². The summed E-state index contributed by atoms with van der Waals surface area (Å²) < 4.78 is 18.9. The number of carbonyl (C=O) groups excluding carboxylic acids is 1. The first-order chi connectivity index (χ1) is 15.4. The molecule has 0 aliphatic carbocycles. The number of hydrogen-bond acceptors (Lipinski definition) is 5. The second-order valence-electron chi connectivity index (χ2n) is 7.86. The van der Waals surface area contributed by atoms with Crippen LogP contribution in [-0.2, 0) is 13.2 Å². The van der Waals surface area contributed by atoms with Gasteiger partial charge in [-0.1, -0.05) is 32.0 Å². The molecule has 0 atom stereocenters. The third-order valence-corrected chi connectivity index (χ3v) is 4.97. The van der Waals surface area contributed by atoms with Crippen LogP contribution in [0.25, 0.3) is 11.3 Å². The van der Waals surface area contributed by atoms with Crippen LogP contribution in [-0.4, -0.2) is 29.7 Å². The molecule has 1 aromatic heterocycles. The zero-order chi connectivity index (χ0) is 23.1. The van der Waals surface area contributed by atoms with Crippen molar-refractivity contribution in [2.45, 2.75) is 27.0 Å². The number of hydrogen-bond donors (Lipinski definition) is 3. The van der Waals surface area contributed by atoms with Gasteiger partial charge in [0.2, 0.25) is 0 Å². The van der Waals surface area contributed by atoms with Crippen molar-refractivity contribution in [3.05, 3.63) is 77.2 Å². The summed E-state index contributed by atoms with van der Waals surface area (Å²) in [6.07, 6.45) is 1.65. The molecule has 7 heteroatoms. The van der Waals surface area contributed by atoms with Gasteiger partial charge in [-0.15, -0.1) is 0 Å². The van der Waals surface area contributed by atoms with E-state index in [-0.39, 0.29) is 24.8 Å². The topological polar surface area (TPSA) is 83.5 Å². The van der Waals surface area contributed by atoms with E-state index in [1.807, 2.05) is 12.1 Å². The molecule has 1 amide bonds. The molecule has 168 valence electrons. The Bertz CT molecular complexity index is 1090. The molecule has 3 rings (SSSR count). The lowest BCUT2D eigenvalue weighted by Crippen LogP contribution is -2.24. The number of carbonyl (C=O) groups is 1. The Morgan fingerprint density at radius 1 is 1.19 bits per heavy atom. The van der Waals surface area contributed by atoms with Crippen LogP contribution in [0.15, 0.2) is 54.7 Å². The van der Waals surface area contributed by atoms with Crippen LogP contribution < -0.4 is 15.4 Å². The highest BCUT2D eigenvalue weighted by molar-refractivity contribution is 6.00. The number of anilines is 1. The van der Waals surface area contributed by atoms with Crippen LogP contribution in [0.4, 0.5) is 10.1 Å². The molecule has 0 saturated heterocycles. The molecule has 0 spiro atoms. The van der Waals surface area contributed by atoms with Gasteiger partial charge >= 0.3 is 0 Å². The van der Waals surface area contributed by atoms with Gasteiger partial charge in [-0.05, 0) is 41.8 Å². The molecular weight excluding hydrogens is 409 g/mol. The number of aromatic nitrogens is 1. The number of aliphatic hydroxyl groups is 1. The molecule has 0 aliphatic rings. The SMILES string of the molecule is COc1ccc(CNC(=O)c2cc(-c3ncccc3CO)ccc2NCC(C)C)cc1F. The van der Waals surface area contributed by atoms with Crippen molar-refractivity contribution in [1.82, 2.24) is 10.3 Å². The molecule has 0 fully saturated rings. The molecule has 6 nitrogen and oxygen atoms in total. The van der Waals surface area contributed by atoms with Crippen molar-refractivity contribution in [2.75, 3.05) is 19.0 Å². The fourth-order valence-electron chi connectivity index (χ4n) is 3.27. The Balaban J connectivity index is 1.88. The molecule has 32 heavy (non-hydrogen) atoms. The molecular formula is C25H28FN3O3. The highest BCUT2D eigenvalue weighted by Gasteiger charge is 2.16. The van der Waals surface area contributed by atoms with Crippen molar-refractivity contribution in [3.63, 3.8) is 0 Å². The molecule has 0 saturated carbocycles. The fourth-order valence-corrected chi connectivity index (χ4v) is 3.27. The Morgan fingerprint density at radius 3 is 2.69 bits per heavy atom. The summed E-state index contributed by atoms with van der Waals surface area (Å²) in [4.78, 5) is 17.5. The minimum Gasteiger partial charge on any atom is -0.494 e. The standard InChI is InChI=1S/C25H28FN3O3/c1-16(2)13-28-22-8-7-18(24-19(15-30)5-4-10-27-24)12-20(22)25(31)29-14-17-6-9-23(32-3)21(26)11-17/h4-12,16,28,30H,13-15H2,1-3H3,(H,29,31). The number of ether oxygens (including phenoxy) is 1. The minimum atomic E-state index is -0.479. The van der Waals surface area contributed by atoms with Gasteiger partial charge in [-0.25, -0.2) is 4.39 Å². The first-order valence-corrected chi connectivity index (χ1v) is 10.5. The van der Waals surface area contributed by atoms with E-state index >= 15 is 0 Å². The molecule has 0 unspecified atom stereocenters. The zero-order valence-corrected chi connectivity index (χ0v) is 18.5. The summed E-state index contributed by atoms with van der Waals surface area (Å²) in [5.41, 5.74) is 3.79. The number of pyridine rings is 1. The third-order valence-electron chi connectivity index (χ3n) is 4.97. The maximum atomic E-state index is 14.0. The van der Waals surface area contributed by atoms with Crippen LogP contribution in [0.3, 0.4) is 0 Å². The first kappa shape index (κ1) is 23.2. The summed E-state index contributed by atoms with van der Waals surface area (Å²) >= 11 is 0. The summed E-state index contributed by atoms with van der Waals surface area (Å²) in [5.74, 6) is -0.226. The zero-order valence-electron chi connectivity index (χ0n) is 18.5. The van der Waals surface area contributed by atoms with Crippen LogP contribution in [0.1, 0.15) is 35.3 Å². The maximum Gasteiger partial charge on any atom is 0.253 e. The lowest BCUT2D eigenvalue weighted by molar-refractivity contribution is 0.0951. The first-order valence-electron chi connectivity index (χ1n) is 10.5. The number of halogens is 1. The van der Waals surface area contributed by atoms with Crippen LogP contribution >= 0.6 is 0 Å². The average molecular weight is 438 g/mol. The van der Waals surface area contributed by atoms with Gasteiger partial charge in [-0.3, -0.25) is 9.78 Å². The average Bonchev–Trinajstić information content (AvgIpc) is 2.81. The van der Waals surface area contributed by atoms with E-state index in [1.165, 1.54) is 19.2 Å². The Kier molecular flexibility index (Phi) is 7.78. The van der Waals surface area contributed by atoms with Gasteiger partial charge in [0.05, 0.1) is 25.0 Å². The summed E-state index contributed by atoms with van der Waals surface area (Å²) in [6, 6.07) is 13.6. The second kappa shape index (κ2) is 10.7. The van der Waals surface area contributed by atoms with Crippen LogP contribution in [0.5, 0.6) is 5.75 Å². The molecule has 2 aromatic carbocycles. The summed E-state index contributed by atoms with van der Waals surface area (Å²) in [5, 5.41) is 15.8. The van der Waals surface area contributed by atoms with Gasteiger partial charge < -0.3 is 20.5 Å². The number of amides is 1. The van der Waals surface area contributed by atoms with Crippen molar-refractivity contribution in [3.8, 4) is 17.0 Å². The van der Waals surface area contributed by atoms with Crippen LogP contribution in [0.2, 0.25) is 0 Å². The van der Waals surface area contributed by atoms with Crippen molar-refractivity contribution in [2.24, 2.45) is 5.92 Å². The van der Waals surface area contributed by atoms with E-state index in [0.29, 0.717) is 40.5 Å². The van der Waals surface area contributed by atoms with Gasteiger partial charge in [0, 0.05) is 36.1 Å². The number of rotatable bonds is 9. The van der Waals surface area contributed by atoms with Gasteiger partial charge in [-0.2, -0.15) is 0 Å². The van der Waals surface area contributed by atoms with Gasteiger partial charge in [0.15, 0.2) is 11.6 Å². The van der Waals surface area contributed by atoms with E-state index in [9.17, 15) is 14.3 Å². The smallest absolute Gasteiger partial charge is 0.253 e. The highest BCUT2D eigenvalue weighted by Crippen LogP contribution is 2.27. The normalized spacial score (nSPS) is 10.8. The number of nitrogens with zero attached hydrogens (tertiary/aromatic N) is 1. The van der Waals surface area contributed by atoms with Gasteiger partial charge in [0.25, 0.3) is 5.91 Å². The van der Waals surface area contributed by atoms with Crippen LogP contribution in [0, 0.1) is 11.7 Å². The number of nitrogens with one attached hydrogen (secondary N) is 2. The van der Waals surface area contributed by atoms with E-state index in [0.717, 1.165) is 5.56 Å². The molecule has 1 heterocycles. The maximum absolute atomic E-state index is 14.0. The molecule has 0 aliphatic heterocycles. The molecule has 0 bridgehead atoms. The lowest BCUT2D eigenvalue weighted by Gasteiger charge is -2.16. The molecule has 3 aromatic rings. The number of aliphatic hydroxyl groups excluding tert-OH is 1. The monoisotopic (exact) mass is 437 g/mol. The van der Waals surface area contributed by atoms with E-state index in [4.69, 9.17) is 4.74 Å². The minimum absolute atomic E-state index is 0.152. The predicted molar refractivity (Wildman–Crippen MR) is 123 cm³/mol. The Morgan fingerprint density at radius 2 is 2.00 bits per heavy atom. The number of methoxy groups -OCH3 is 1. The van der Waals surface area contributed by atoms with Crippen molar-refractivity contribution in [1.29, 1.82) is 0 Å². The van der Waals surface area contributed by atoms with Crippen molar-refractivity contribution >= 4 is 11.6 Å². The van der Waals surface area contributed by atoms with E-state index in [2.05, 4.69) is 29.5 Å². The van der Waals surface area contributed by atoms with E-state index < -0.39 is 5.82 Å². The quantitative estimate of drug-likeness (QED) is 0.463. The second-order valence-corrected chi connectivity index (χ2v) is 7.86. The lowest BCUT2D eigenvalue weighted by atomic mass is 10.0. The molecule has 3 N–H and O–H groups in total. The largest absolute Gasteiger partial charge is 0.494 e. The Hall–Kier alpha value is -3.45. The summed E-state index contributed by atoms with van der Waals surface area (Å²) in [6.45, 7) is 4.89. The fraction of sp³-hybridized carbons (Fsp3) is 0.280. The molecule has 0 radical (unpaired) electrons.